The van der Waals surface area contributed by atoms with Crippen LogP contribution in [0.5, 0.6) is 0 Å². The van der Waals surface area contributed by atoms with Crippen molar-refractivity contribution in [1.29, 1.82) is 0 Å². The quantitative estimate of drug-likeness (QED) is 0.825. The zero-order valence-corrected chi connectivity index (χ0v) is 15.2. The van der Waals surface area contributed by atoms with Crippen LogP contribution in [0.15, 0.2) is 48.7 Å². The second-order valence-electron chi connectivity index (χ2n) is 5.72. The lowest BCUT2D eigenvalue weighted by molar-refractivity contribution is -0.140. The molecule has 0 aliphatic rings. The van der Waals surface area contributed by atoms with E-state index >= 15 is 0 Å². The van der Waals surface area contributed by atoms with Gasteiger partial charge in [0.05, 0.1) is 12.2 Å². The Kier molecular flexibility index (Phi) is 6.95. The van der Waals surface area contributed by atoms with Crippen molar-refractivity contribution in [3.8, 4) is 0 Å². The van der Waals surface area contributed by atoms with E-state index in [1.165, 1.54) is 0 Å². The number of rotatable bonds is 7. The molecule has 0 aliphatic heterocycles. The number of carbonyl (C=O) groups is 2. The van der Waals surface area contributed by atoms with E-state index < -0.39 is 6.04 Å². The molecule has 1 atom stereocenters. The Labute approximate surface area is 153 Å². The van der Waals surface area contributed by atoms with Crippen LogP contribution in [0.3, 0.4) is 0 Å². The molecule has 0 radical (unpaired) electrons. The minimum absolute atomic E-state index is 0.0737. The maximum absolute atomic E-state index is 12.5. The average Bonchev–Trinajstić information content (AvgIpc) is 2.65. The lowest BCUT2D eigenvalue weighted by Gasteiger charge is -2.28. The first-order chi connectivity index (χ1) is 12.0. The number of benzene rings is 1. The Morgan fingerprint density at radius 3 is 2.52 bits per heavy atom. The molecule has 5 nitrogen and oxygen atoms in total. The molecule has 0 spiro atoms. The normalized spacial score (nSPS) is 11.6. The van der Waals surface area contributed by atoms with Crippen LogP contribution in [0, 0.1) is 0 Å². The van der Waals surface area contributed by atoms with Gasteiger partial charge in [-0.2, -0.15) is 0 Å². The van der Waals surface area contributed by atoms with E-state index in [0.717, 1.165) is 11.3 Å². The van der Waals surface area contributed by atoms with Gasteiger partial charge in [-0.05, 0) is 36.8 Å². The van der Waals surface area contributed by atoms with Gasteiger partial charge in [-0.25, -0.2) is 0 Å². The van der Waals surface area contributed by atoms with Gasteiger partial charge < -0.3 is 10.2 Å². The fourth-order valence-corrected chi connectivity index (χ4v) is 2.53. The molecule has 0 bridgehead atoms. The van der Waals surface area contributed by atoms with E-state index in [4.69, 9.17) is 11.6 Å². The highest BCUT2D eigenvalue weighted by molar-refractivity contribution is 6.30. The van der Waals surface area contributed by atoms with E-state index in [1.807, 2.05) is 30.3 Å². The number of nitrogens with one attached hydrogen (secondary N) is 1. The molecule has 0 fully saturated rings. The summed E-state index contributed by atoms with van der Waals surface area (Å²) in [6, 6.07) is 12.2. The van der Waals surface area contributed by atoms with Gasteiger partial charge in [-0.15, -0.1) is 0 Å². The van der Waals surface area contributed by atoms with Crippen LogP contribution in [0.1, 0.15) is 31.5 Å². The molecule has 2 amide bonds. The van der Waals surface area contributed by atoms with Crippen molar-refractivity contribution in [1.82, 2.24) is 15.2 Å². The molecule has 1 N–H and O–H groups in total. The van der Waals surface area contributed by atoms with E-state index in [9.17, 15) is 9.59 Å². The summed E-state index contributed by atoms with van der Waals surface area (Å²) in [6.45, 7) is 4.22. The van der Waals surface area contributed by atoms with Crippen LogP contribution in [0.4, 0.5) is 0 Å². The van der Waals surface area contributed by atoms with Gasteiger partial charge in [0.2, 0.25) is 11.8 Å². The van der Waals surface area contributed by atoms with Crippen molar-refractivity contribution in [3.63, 3.8) is 0 Å². The number of amides is 2. The van der Waals surface area contributed by atoms with Gasteiger partial charge in [-0.3, -0.25) is 14.6 Å². The van der Waals surface area contributed by atoms with Crippen LogP contribution in [0.25, 0.3) is 0 Å². The lowest BCUT2D eigenvalue weighted by atomic mass is 10.1. The second-order valence-corrected chi connectivity index (χ2v) is 6.15. The SMILES string of the molecule is CCC(=O)N(Cc1ccc(Cl)cc1)[C@H](C)C(=O)NCc1ccccn1. The zero-order valence-electron chi connectivity index (χ0n) is 14.4. The van der Waals surface area contributed by atoms with Crippen molar-refractivity contribution in [2.75, 3.05) is 0 Å². The third kappa shape index (κ3) is 5.57. The first-order valence-electron chi connectivity index (χ1n) is 8.22. The van der Waals surface area contributed by atoms with Gasteiger partial charge in [0, 0.05) is 24.2 Å². The molecule has 25 heavy (non-hydrogen) atoms. The van der Waals surface area contributed by atoms with Crippen LogP contribution < -0.4 is 5.32 Å². The summed E-state index contributed by atoms with van der Waals surface area (Å²) in [5.74, 6) is -0.281. The van der Waals surface area contributed by atoms with Crippen LogP contribution in [-0.4, -0.2) is 27.7 Å². The smallest absolute Gasteiger partial charge is 0.242 e. The van der Waals surface area contributed by atoms with Gasteiger partial charge >= 0.3 is 0 Å². The van der Waals surface area contributed by atoms with E-state index in [-0.39, 0.29) is 11.8 Å². The molecule has 6 heteroatoms. The van der Waals surface area contributed by atoms with Crippen LogP contribution in [0.2, 0.25) is 5.02 Å². The van der Waals surface area contributed by atoms with Crippen molar-refractivity contribution >= 4 is 23.4 Å². The third-order valence-electron chi connectivity index (χ3n) is 3.91. The van der Waals surface area contributed by atoms with Crippen molar-refractivity contribution in [2.45, 2.75) is 39.4 Å². The maximum Gasteiger partial charge on any atom is 0.242 e. The summed E-state index contributed by atoms with van der Waals surface area (Å²) in [6.07, 6.45) is 2.02. The van der Waals surface area contributed by atoms with Crippen molar-refractivity contribution in [3.05, 3.63) is 64.9 Å². The number of halogens is 1. The molecular formula is C19H22ClN3O2. The fraction of sp³-hybridized carbons (Fsp3) is 0.316. The summed E-state index contributed by atoms with van der Waals surface area (Å²) in [5, 5.41) is 3.47. The standard InChI is InChI=1S/C19H22ClN3O2/c1-3-18(24)23(13-15-7-9-16(20)10-8-15)14(2)19(25)22-12-17-6-4-5-11-21-17/h4-11,14H,3,12-13H2,1-2H3,(H,22,25)/t14-/m1/s1. The Balaban J connectivity index is 2.03. The number of aromatic nitrogens is 1. The van der Waals surface area contributed by atoms with Crippen LogP contribution in [-0.2, 0) is 22.7 Å². The van der Waals surface area contributed by atoms with E-state index in [0.29, 0.717) is 24.5 Å². The molecule has 132 valence electrons. The van der Waals surface area contributed by atoms with E-state index in [1.54, 1.807) is 37.1 Å². The van der Waals surface area contributed by atoms with Gasteiger partial charge in [0.25, 0.3) is 0 Å². The highest BCUT2D eigenvalue weighted by Crippen LogP contribution is 2.14. The van der Waals surface area contributed by atoms with Gasteiger partial charge in [0.15, 0.2) is 0 Å². The number of carbonyl (C=O) groups excluding carboxylic acids is 2. The summed E-state index contributed by atoms with van der Waals surface area (Å²) >= 11 is 5.90. The van der Waals surface area contributed by atoms with Crippen molar-refractivity contribution < 1.29 is 9.59 Å². The fourth-order valence-electron chi connectivity index (χ4n) is 2.40. The van der Waals surface area contributed by atoms with Crippen molar-refractivity contribution in [2.24, 2.45) is 0 Å². The topological polar surface area (TPSA) is 62.3 Å². The van der Waals surface area contributed by atoms with Gasteiger partial charge in [-0.1, -0.05) is 36.7 Å². The minimum Gasteiger partial charge on any atom is -0.349 e. The first kappa shape index (κ1) is 18.9. The molecule has 1 heterocycles. The molecule has 0 saturated carbocycles. The first-order valence-corrected chi connectivity index (χ1v) is 8.60. The number of hydrogen-bond acceptors (Lipinski definition) is 3. The molecule has 0 unspecified atom stereocenters. The highest BCUT2D eigenvalue weighted by atomic mass is 35.5. The molecule has 2 aromatic rings. The number of pyridine rings is 1. The third-order valence-corrected chi connectivity index (χ3v) is 4.16. The summed E-state index contributed by atoms with van der Waals surface area (Å²) in [4.78, 5) is 30.5. The molecule has 1 aromatic heterocycles. The van der Waals surface area contributed by atoms with Crippen LogP contribution >= 0.6 is 11.6 Å². The number of hydrogen-bond donors (Lipinski definition) is 1. The monoisotopic (exact) mass is 359 g/mol. The Hall–Kier alpha value is -2.40. The Bertz CT molecular complexity index is 704. The summed E-state index contributed by atoms with van der Waals surface area (Å²) in [5.41, 5.74) is 1.70. The molecule has 0 aliphatic carbocycles. The maximum atomic E-state index is 12.5. The zero-order chi connectivity index (χ0) is 18.2. The number of nitrogens with zero attached hydrogens (tertiary/aromatic N) is 2. The largest absolute Gasteiger partial charge is 0.349 e. The second kappa shape index (κ2) is 9.18. The summed E-state index contributed by atoms with van der Waals surface area (Å²) in [7, 11) is 0. The minimum atomic E-state index is -0.577. The molecule has 0 saturated heterocycles. The predicted octanol–water partition coefficient (Wildman–Crippen LogP) is 3.18. The highest BCUT2D eigenvalue weighted by Gasteiger charge is 2.24. The Morgan fingerprint density at radius 2 is 1.92 bits per heavy atom. The molecule has 2 rings (SSSR count). The van der Waals surface area contributed by atoms with Gasteiger partial charge in [0.1, 0.15) is 6.04 Å². The predicted molar refractivity (Wildman–Crippen MR) is 97.8 cm³/mol. The average molecular weight is 360 g/mol. The van der Waals surface area contributed by atoms with E-state index in [2.05, 4.69) is 10.3 Å². The summed E-state index contributed by atoms with van der Waals surface area (Å²) < 4.78 is 0. The lowest BCUT2D eigenvalue weighted by Crippen LogP contribution is -2.47. The molecular weight excluding hydrogens is 338 g/mol. The Morgan fingerprint density at radius 1 is 1.20 bits per heavy atom. The molecule has 1 aromatic carbocycles.